The van der Waals surface area contributed by atoms with Gasteiger partial charge in [-0.05, 0) is 41.9 Å². The van der Waals surface area contributed by atoms with Crippen LogP contribution in [0.5, 0.6) is 0 Å². The van der Waals surface area contributed by atoms with Gasteiger partial charge in [0.1, 0.15) is 18.1 Å². The minimum atomic E-state index is -0.451. The number of hydrogen-bond donors (Lipinski definition) is 1. The van der Waals surface area contributed by atoms with Gasteiger partial charge in [0.25, 0.3) is 5.91 Å². The number of nitrogens with zero attached hydrogens (tertiary/aromatic N) is 2. The molecule has 0 fully saturated rings. The minimum absolute atomic E-state index is 0.132. The molecular formula is C17H16BrN3O3. The number of carbonyl (C=O) groups excluding carboxylic acids is 2. The summed E-state index contributed by atoms with van der Waals surface area (Å²) in [5.74, 6) is -0.286. The van der Waals surface area contributed by atoms with Crippen LogP contribution in [0.15, 0.2) is 39.4 Å². The third-order valence-electron chi connectivity index (χ3n) is 3.68. The fourth-order valence-corrected chi connectivity index (χ4v) is 3.11. The molecule has 0 spiro atoms. The lowest BCUT2D eigenvalue weighted by Crippen LogP contribution is -2.36. The Balaban J connectivity index is 1.89. The van der Waals surface area contributed by atoms with E-state index in [1.165, 1.54) is 4.90 Å². The van der Waals surface area contributed by atoms with E-state index in [1.807, 2.05) is 24.3 Å². The summed E-state index contributed by atoms with van der Waals surface area (Å²) in [5.41, 5.74) is 2.00. The van der Waals surface area contributed by atoms with Gasteiger partial charge in [0.2, 0.25) is 0 Å². The minimum Gasteiger partial charge on any atom is -0.465 e. The van der Waals surface area contributed by atoms with Gasteiger partial charge in [0, 0.05) is 10.9 Å². The highest BCUT2D eigenvalue weighted by atomic mass is 79.9. The smallest absolute Gasteiger partial charge is 0.326 e. The molecule has 0 saturated carbocycles. The van der Waals surface area contributed by atoms with Crippen molar-refractivity contribution in [3.05, 3.63) is 40.1 Å². The average Bonchev–Trinajstić information content (AvgIpc) is 3.00. The number of H-pyrrole nitrogens is 1. The Kier molecular flexibility index (Phi) is 4.53. The molecule has 0 saturated heterocycles. The van der Waals surface area contributed by atoms with Gasteiger partial charge < -0.3 is 9.72 Å². The van der Waals surface area contributed by atoms with E-state index in [-0.39, 0.29) is 24.8 Å². The molecule has 1 aliphatic heterocycles. The van der Waals surface area contributed by atoms with Gasteiger partial charge in [-0.25, -0.2) is 4.99 Å². The molecule has 6 nitrogen and oxygen atoms in total. The molecule has 1 aromatic heterocycles. The molecule has 0 radical (unpaired) electrons. The third kappa shape index (κ3) is 2.99. The van der Waals surface area contributed by atoms with Crippen LogP contribution in [-0.2, 0) is 14.3 Å². The molecule has 0 unspecified atom stereocenters. The number of benzene rings is 1. The van der Waals surface area contributed by atoms with Crippen molar-refractivity contribution in [2.24, 2.45) is 4.99 Å². The van der Waals surface area contributed by atoms with Crippen LogP contribution >= 0.6 is 15.9 Å². The Morgan fingerprint density at radius 3 is 2.88 bits per heavy atom. The van der Waals surface area contributed by atoms with Crippen LogP contribution in [0.1, 0.15) is 19.5 Å². The van der Waals surface area contributed by atoms with E-state index in [4.69, 9.17) is 4.74 Å². The zero-order valence-electron chi connectivity index (χ0n) is 13.3. The van der Waals surface area contributed by atoms with Crippen molar-refractivity contribution in [2.75, 3.05) is 13.2 Å². The first-order chi connectivity index (χ1) is 11.5. The highest BCUT2D eigenvalue weighted by molar-refractivity contribution is 9.10. The van der Waals surface area contributed by atoms with Crippen molar-refractivity contribution in [1.82, 2.24) is 9.88 Å². The molecular weight excluding hydrogens is 374 g/mol. The molecule has 0 bridgehead atoms. The number of rotatable bonds is 4. The molecule has 1 aliphatic rings. The maximum absolute atomic E-state index is 12.5. The van der Waals surface area contributed by atoms with Crippen molar-refractivity contribution < 1.29 is 14.3 Å². The maximum atomic E-state index is 12.5. The van der Waals surface area contributed by atoms with Crippen molar-refractivity contribution >= 4 is 50.6 Å². The standard InChI is InChI=1S/C17H16BrN3O3/c1-3-24-15(22)9-21-10(2)19-14(17(21)23)8-13-16(18)11-6-4-5-7-12(11)20-13/h4-8,20H,3,9H2,1-2H3/b14-8-. The zero-order chi connectivity index (χ0) is 17.3. The predicted molar refractivity (Wildman–Crippen MR) is 95.4 cm³/mol. The van der Waals surface area contributed by atoms with Gasteiger partial charge >= 0.3 is 5.97 Å². The molecule has 0 atom stereocenters. The number of amides is 1. The summed E-state index contributed by atoms with van der Waals surface area (Å²) in [5, 5.41) is 1.03. The fourth-order valence-electron chi connectivity index (χ4n) is 2.55. The molecule has 24 heavy (non-hydrogen) atoms. The van der Waals surface area contributed by atoms with E-state index >= 15 is 0 Å². The summed E-state index contributed by atoms with van der Waals surface area (Å²) in [6.07, 6.45) is 1.68. The molecule has 2 heterocycles. The lowest BCUT2D eigenvalue weighted by molar-refractivity contribution is -0.145. The normalized spacial score (nSPS) is 16.1. The van der Waals surface area contributed by atoms with Crippen molar-refractivity contribution in [3.8, 4) is 0 Å². The van der Waals surface area contributed by atoms with Crippen LogP contribution in [0.3, 0.4) is 0 Å². The SMILES string of the molecule is CCOC(=O)CN1C(=O)/C(=C/c2[nH]c3ccccc3c2Br)N=C1C. The Labute approximate surface area is 147 Å². The van der Waals surface area contributed by atoms with Crippen LogP contribution in [0.2, 0.25) is 0 Å². The van der Waals surface area contributed by atoms with Gasteiger partial charge in [0.15, 0.2) is 0 Å². The van der Waals surface area contributed by atoms with Gasteiger partial charge in [-0.2, -0.15) is 0 Å². The number of esters is 1. The van der Waals surface area contributed by atoms with E-state index in [0.29, 0.717) is 5.84 Å². The second-order valence-electron chi connectivity index (χ2n) is 5.28. The maximum Gasteiger partial charge on any atom is 0.326 e. The summed E-state index contributed by atoms with van der Waals surface area (Å²) in [4.78, 5) is 33.0. The topological polar surface area (TPSA) is 74.8 Å². The van der Waals surface area contributed by atoms with E-state index in [9.17, 15) is 9.59 Å². The number of fused-ring (bicyclic) bond motifs is 1. The summed E-state index contributed by atoms with van der Waals surface area (Å²) in [6, 6.07) is 7.82. The molecule has 124 valence electrons. The van der Waals surface area contributed by atoms with Crippen LogP contribution in [0, 0.1) is 0 Å². The molecule has 1 N–H and O–H groups in total. The van der Waals surface area contributed by atoms with Crippen LogP contribution in [0.25, 0.3) is 17.0 Å². The first-order valence-electron chi connectivity index (χ1n) is 7.52. The second kappa shape index (κ2) is 6.60. The quantitative estimate of drug-likeness (QED) is 0.644. The van der Waals surface area contributed by atoms with Crippen LogP contribution in [-0.4, -0.2) is 40.7 Å². The van der Waals surface area contributed by atoms with Gasteiger partial charge in [-0.3, -0.25) is 14.5 Å². The number of carbonyl (C=O) groups is 2. The fraction of sp³-hybridized carbons (Fsp3) is 0.235. The summed E-state index contributed by atoms with van der Waals surface area (Å²) in [7, 11) is 0. The average molecular weight is 390 g/mol. The molecule has 3 rings (SSSR count). The summed E-state index contributed by atoms with van der Waals surface area (Å²) >= 11 is 3.55. The number of para-hydroxylation sites is 1. The van der Waals surface area contributed by atoms with Crippen LogP contribution in [0.4, 0.5) is 0 Å². The number of halogens is 1. The van der Waals surface area contributed by atoms with Gasteiger partial charge in [0.05, 0.1) is 16.8 Å². The monoisotopic (exact) mass is 389 g/mol. The van der Waals surface area contributed by atoms with Crippen LogP contribution < -0.4 is 0 Å². The van der Waals surface area contributed by atoms with E-state index < -0.39 is 5.97 Å². The number of aromatic amines is 1. The van der Waals surface area contributed by atoms with Gasteiger partial charge in [-0.1, -0.05) is 18.2 Å². The molecule has 7 heteroatoms. The molecule has 1 aromatic carbocycles. The number of nitrogens with one attached hydrogen (secondary N) is 1. The van der Waals surface area contributed by atoms with Crippen molar-refractivity contribution in [3.63, 3.8) is 0 Å². The van der Waals surface area contributed by atoms with E-state index in [0.717, 1.165) is 21.1 Å². The summed E-state index contributed by atoms with van der Waals surface area (Å²) in [6.45, 7) is 3.57. The highest BCUT2D eigenvalue weighted by Gasteiger charge is 2.30. The first kappa shape index (κ1) is 16.4. The lowest BCUT2D eigenvalue weighted by Gasteiger charge is -2.14. The Morgan fingerprint density at radius 2 is 2.17 bits per heavy atom. The Bertz CT molecular complexity index is 882. The number of amidine groups is 1. The van der Waals surface area contributed by atoms with Gasteiger partial charge in [-0.15, -0.1) is 0 Å². The number of aromatic nitrogens is 1. The van der Waals surface area contributed by atoms with Crippen molar-refractivity contribution in [1.29, 1.82) is 0 Å². The molecule has 0 aliphatic carbocycles. The Hall–Kier alpha value is -2.41. The Morgan fingerprint density at radius 1 is 1.42 bits per heavy atom. The largest absolute Gasteiger partial charge is 0.465 e. The van der Waals surface area contributed by atoms with E-state index in [2.05, 4.69) is 25.9 Å². The summed E-state index contributed by atoms with van der Waals surface area (Å²) < 4.78 is 5.76. The lowest BCUT2D eigenvalue weighted by atomic mass is 10.2. The number of hydrogen-bond acceptors (Lipinski definition) is 4. The third-order valence-corrected chi connectivity index (χ3v) is 4.53. The first-order valence-corrected chi connectivity index (χ1v) is 8.31. The molecule has 1 amide bonds. The second-order valence-corrected chi connectivity index (χ2v) is 6.08. The predicted octanol–water partition coefficient (Wildman–Crippen LogP) is 3.10. The number of ether oxygens (including phenoxy) is 1. The van der Waals surface area contributed by atoms with Crippen molar-refractivity contribution in [2.45, 2.75) is 13.8 Å². The molecule has 2 aromatic rings. The highest BCUT2D eigenvalue weighted by Crippen LogP contribution is 2.30. The number of aliphatic imine (C=N–C) groups is 1. The van der Waals surface area contributed by atoms with E-state index in [1.54, 1.807) is 19.9 Å². The zero-order valence-corrected chi connectivity index (χ0v) is 14.9.